The van der Waals surface area contributed by atoms with Crippen LogP contribution in [0.5, 0.6) is 5.75 Å². The molecule has 0 fully saturated rings. The molecule has 2 rings (SSSR count). The van der Waals surface area contributed by atoms with E-state index in [-0.39, 0.29) is 16.9 Å². The third kappa shape index (κ3) is 2.36. The molecule has 20 heavy (non-hydrogen) atoms. The van der Waals surface area contributed by atoms with Crippen LogP contribution < -0.4 is 4.74 Å². The molecule has 0 saturated carbocycles. The Morgan fingerprint density at radius 2 is 1.70 bits per heavy atom. The van der Waals surface area contributed by atoms with Crippen molar-refractivity contribution in [3.63, 3.8) is 0 Å². The zero-order chi connectivity index (χ0) is 14.9. The van der Waals surface area contributed by atoms with Gasteiger partial charge in [0.15, 0.2) is 11.6 Å². The predicted molar refractivity (Wildman–Crippen MR) is 68.0 cm³/mol. The van der Waals surface area contributed by atoms with E-state index in [1.54, 1.807) is 0 Å². The Morgan fingerprint density at radius 3 is 2.30 bits per heavy atom. The fraction of sp³-hybridized carbons (Fsp3) is 0.200. The summed E-state index contributed by atoms with van der Waals surface area (Å²) in [6.07, 6.45) is 0. The number of rotatable bonds is 3. The van der Waals surface area contributed by atoms with E-state index in [4.69, 9.17) is 4.74 Å². The van der Waals surface area contributed by atoms with Gasteiger partial charge in [0.25, 0.3) is 0 Å². The van der Waals surface area contributed by atoms with Crippen LogP contribution in [0.1, 0.15) is 18.1 Å². The minimum atomic E-state index is -1.86. The average molecular weight is 282 g/mol. The van der Waals surface area contributed by atoms with Crippen molar-refractivity contribution in [1.82, 2.24) is 0 Å². The topological polar surface area (TPSA) is 29.5 Å². The minimum Gasteiger partial charge on any atom is -0.496 e. The average Bonchev–Trinajstić information content (AvgIpc) is 2.41. The summed E-state index contributed by atoms with van der Waals surface area (Å²) in [5.41, 5.74) is -1.96. The minimum absolute atomic E-state index is 0.0276. The molecule has 0 radical (unpaired) electrons. The Morgan fingerprint density at radius 1 is 1.00 bits per heavy atom. The number of benzene rings is 2. The van der Waals surface area contributed by atoms with Gasteiger partial charge in [-0.25, -0.2) is 13.2 Å². The first-order valence-electron chi connectivity index (χ1n) is 5.88. The van der Waals surface area contributed by atoms with Crippen LogP contribution in [-0.2, 0) is 5.60 Å². The van der Waals surface area contributed by atoms with Gasteiger partial charge in [0, 0.05) is 0 Å². The first-order chi connectivity index (χ1) is 9.37. The van der Waals surface area contributed by atoms with Gasteiger partial charge in [-0.3, -0.25) is 0 Å². The van der Waals surface area contributed by atoms with Crippen molar-refractivity contribution in [1.29, 1.82) is 0 Å². The molecule has 2 aromatic carbocycles. The highest BCUT2D eigenvalue weighted by atomic mass is 19.2. The number of hydrogen-bond acceptors (Lipinski definition) is 2. The monoisotopic (exact) mass is 282 g/mol. The standard InChI is InChI=1S/C15H13F3O2/c1-15(19,9-6-7-10(16)12(18)8-9)14-11(17)4-3-5-13(14)20-2/h3-8,19H,1-2H3. The Bertz CT molecular complexity index is 639. The van der Waals surface area contributed by atoms with Crippen LogP contribution in [0.25, 0.3) is 0 Å². The quantitative estimate of drug-likeness (QED) is 0.935. The lowest BCUT2D eigenvalue weighted by molar-refractivity contribution is 0.0940. The maximum absolute atomic E-state index is 14.0. The molecule has 2 nitrogen and oxygen atoms in total. The van der Waals surface area contributed by atoms with Crippen LogP contribution in [0.15, 0.2) is 36.4 Å². The van der Waals surface area contributed by atoms with Crippen molar-refractivity contribution in [3.05, 3.63) is 65.0 Å². The van der Waals surface area contributed by atoms with Gasteiger partial charge in [-0.05, 0) is 36.8 Å². The molecule has 1 unspecified atom stereocenters. The van der Waals surface area contributed by atoms with Crippen molar-refractivity contribution in [3.8, 4) is 5.75 Å². The Kier molecular flexibility index (Phi) is 3.72. The molecular formula is C15H13F3O2. The smallest absolute Gasteiger partial charge is 0.159 e. The van der Waals surface area contributed by atoms with Gasteiger partial charge in [-0.1, -0.05) is 12.1 Å². The Labute approximate surface area is 114 Å². The highest BCUT2D eigenvalue weighted by molar-refractivity contribution is 5.45. The summed E-state index contributed by atoms with van der Waals surface area (Å²) in [5, 5.41) is 10.6. The normalized spacial score (nSPS) is 13.9. The molecule has 0 aliphatic rings. The van der Waals surface area contributed by atoms with E-state index in [1.165, 1.54) is 32.2 Å². The predicted octanol–water partition coefficient (Wildman–Crippen LogP) is 3.37. The SMILES string of the molecule is COc1cccc(F)c1C(C)(O)c1ccc(F)c(F)c1. The molecule has 0 heterocycles. The highest BCUT2D eigenvalue weighted by Crippen LogP contribution is 2.37. The summed E-state index contributed by atoms with van der Waals surface area (Å²) in [5.74, 6) is -2.72. The second kappa shape index (κ2) is 5.17. The third-order valence-corrected chi connectivity index (χ3v) is 3.16. The molecule has 0 saturated heterocycles. The lowest BCUT2D eigenvalue weighted by Crippen LogP contribution is -2.25. The van der Waals surface area contributed by atoms with Gasteiger partial charge in [-0.2, -0.15) is 0 Å². The van der Waals surface area contributed by atoms with Crippen LogP contribution in [0, 0.1) is 17.5 Å². The Balaban J connectivity index is 2.62. The second-order valence-corrected chi connectivity index (χ2v) is 4.52. The van der Waals surface area contributed by atoms with E-state index in [0.29, 0.717) is 0 Å². The Hall–Kier alpha value is -2.01. The van der Waals surface area contributed by atoms with Gasteiger partial charge in [0.1, 0.15) is 17.2 Å². The molecule has 2 aromatic rings. The zero-order valence-electron chi connectivity index (χ0n) is 11.0. The summed E-state index contributed by atoms with van der Waals surface area (Å²) in [7, 11) is 1.33. The van der Waals surface area contributed by atoms with Gasteiger partial charge >= 0.3 is 0 Å². The second-order valence-electron chi connectivity index (χ2n) is 4.52. The van der Waals surface area contributed by atoms with Crippen molar-refractivity contribution < 1.29 is 23.0 Å². The molecule has 0 spiro atoms. The van der Waals surface area contributed by atoms with Crippen molar-refractivity contribution >= 4 is 0 Å². The van der Waals surface area contributed by atoms with E-state index >= 15 is 0 Å². The maximum Gasteiger partial charge on any atom is 0.159 e. The first-order valence-corrected chi connectivity index (χ1v) is 5.88. The molecule has 1 atom stereocenters. The fourth-order valence-electron chi connectivity index (χ4n) is 2.09. The van der Waals surface area contributed by atoms with E-state index in [2.05, 4.69) is 0 Å². The molecule has 0 aliphatic carbocycles. The van der Waals surface area contributed by atoms with Gasteiger partial charge in [0.05, 0.1) is 12.7 Å². The molecule has 0 amide bonds. The maximum atomic E-state index is 14.0. The molecule has 1 N–H and O–H groups in total. The summed E-state index contributed by atoms with van der Waals surface area (Å²) in [6, 6.07) is 6.98. The van der Waals surface area contributed by atoms with Crippen LogP contribution in [0.2, 0.25) is 0 Å². The van der Waals surface area contributed by atoms with E-state index in [1.807, 2.05) is 0 Å². The number of hydrogen-bond donors (Lipinski definition) is 1. The third-order valence-electron chi connectivity index (χ3n) is 3.16. The van der Waals surface area contributed by atoms with Crippen LogP contribution in [-0.4, -0.2) is 12.2 Å². The van der Waals surface area contributed by atoms with Crippen molar-refractivity contribution in [2.24, 2.45) is 0 Å². The van der Waals surface area contributed by atoms with Gasteiger partial charge < -0.3 is 9.84 Å². The van der Waals surface area contributed by atoms with Crippen molar-refractivity contribution in [2.75, 3.05) is 7.11 Å². The molecule has 0 bridgehead atoms. The summed E-state index contributed by atoms with van der Waals surface area (Å²) < 4.78 is 45.3. The van der Waals surface area contributed by atoms with Crippen LogP contribution >= 0.6 is 0 Å². The molecule has 106 valence electrons. The van der Waals surface area contributed by atoms with Crippen LogP contribution in [0.4, 0.5) is 13.2 Å². The summed E-state index contributed by atoms with van der Waals surface area (Å²) in [4.78, 5) is 0. The summed E-state index contributed by atoms with van der Waals surface area (Å²) in [6.45, 7) is 1.29. The highest BCUT2D eigenvalue weighted by Gasteiger charge is 2.33. The van der Waals surface area contributed by atoms with Gasteiger partial charge in [-0.15, -0.1) is 0 Å². The van der Waals surface area contributed by atoms with Crippen LogP contribution in [0.3, 0.4) is 0 Å². The summed E-state index contributed by atoms with van der Waals surface area (Å²) >= 11 is 0. The lowest BCUT2D eigenvalue weighted by atomic mass is 9.87. The zero-order valence-corrected chi connectivity index (χ0v) is 11.0. The molecule has 0 aliphatic heterocycles. The lowest BCUT2D eigenvalue weighted by Gasteiger charge is -2.26. The molecule has 5 heteroatoms. The van der Waals surface area contributed by atoms with Crippen molar-refractivity contribution in [2.45, 2.75) is 12.5 Å². The first kappa shape index (κ1) is 14.4. The van der Waals surface area contributed by atoms with E-state index in [0.717, 1.165) is 18.2 Å². The number of ether oxygens (including phenoxy) is 1. The number of halogens is 3. The number of methoxy groups -OCH3 is 1. The van der Waals surface area contributed by atoms with E-state index < -0.39 is 23.1 Å². The molecular weight excluding hydrogens is 269 g/mol. The fourth-order valence-corrected chi connectivity index (χ4v) is 2.09. The van der Waals surface area contributed by atoms with E-state index in [9.17, 15) is 18.3 Å². The van der Waals surface area contributed by atoms with Gasteiger partial charge in [0.2, 0.25) is 0 Å². The molecule has 0 aromatic heterocycles. The largest absolute Gasteiger partial charge is 0.496 e. The number of aliphatic hydroxyl groups is 1.